The number of Topliss-reactive ketones (excluding diaryl/α,β-unsaturated/α-hetero) is 2. The maximum absolute atomic E-state index is 17.0. The minimum atomic E-state index is -3.20. The molecule has 5 rings (SSSR count). The van der Waals surface area contributed by atoms with Crippen LogP contribution in [-0.2, 0) is 38.1 Å². The minimum absolute atomic E-state index is 0.0177. The van der Waals surface area contributed by atoms with Crippen LogP contribution in [0.5, 0.6) is 5.75 Å². The van der Waals surface area contributed by atoms with Gasteiger partial charge in [0.05, 0.1) is 30.5 Å². The number of ketones is 2. The van der Waals surface area contributed by atoms with E-state index in [2.05, 4.69) is 5.38 Å². The number of aliphatic hydroxyl groups is 1. The molecule has 3 saturated heterocycles. The van der Waals surface area contributed by atoms with Gasteiger partial charge in [-0.25, -0.2) is 14.0 Å². The Balaban J connectivity index is 1.49. The largest absolute Gasteiger partial charge is 0.494 e. The number of amides is 1. The maximum atomic E-state index is 17.0. The number of alkyl halides is 1. The average Bonchev–Trinajstić information content (AvgIpc) is 3.86. The van der Waals surface area contributed by atoms with E-state index < -0.39 is 82.6 Å². The van der Waals surface area contributed by atoms with Crippen LogP contribution in [-0.4, -0.2) is 132 Å². The zero-order valence-corrected chi connectivity index (χ0v) is 38.7. The van der Waals surface area contributed by atoms with Crippen molar-refractivity contribution in [3.05, 3.63) is 41.1 Å². The molecular weight excluding hydrogens is 808 g/mol. The summed E-state index contributed by atoms with van der Waals surface area (Å²) >= 11 is 1.60. The zero-order chi connectivity index (χ0) is 45.2. The van der Waals surface area contributed by atoms with Crippen molar-refractivity contribution in [2.24, 2.45) is 17.8 Å². The van der Waals surface area contributed by atoms with Crippen molar-refractivity contribution in [1.29, 1.82) is 0 Å². The number of hydrogen-bond donors (Lipinski definition) is 1. The number of likely N-dealkylation sites (N-methyl/N-ethyl adjacent to an activating group) is 1. The van der Waals surface area contributed by atoms with Crippen LogP contribution in [0, 0.1) is 17.8 Å². The summed E-state index contributed by atoms with van der Waals surface area (Å²) < 4.78 is 54.3. The van der Waals surface area contributed by atoms with Crippen LogP contribution in [0.2, 0.25) is 0 Å². The molecule has 3 aliphatic heterocycles. The molecule has 1 amide bonds. The van der Waals surface area contributed by atoms with Crippen LogP contribution >= 0.6 is 11.3 Å². The Morgan fingerprint density at radius 3 is 2.34 bits per heavy atom. The van der Waals surface area contributed by atoms with Crippen molar-refractivity contribution in [3.8, 4) is 16.9 Å². The highest BCUT2D eigenvalue weighted by atomic mass is 32.1. The lowest BCUT2D eigenvalue weighted by Crippen LogP contribution is -2.65. The number of cyclic esters (lactones) is 1. The lowest BCUT2D eigenvalue weighted by molar-refractivity contribution is -0.354. The summed E-state index contributed by atoms with van der Waals surface area (Å²) in [5.41, 5.74) is -4.20. The van der Waals surface area contributed by atoms with Gasteiger partial charge in [-0.3, -0.25) is 9.59 Å². The van der Waals surface area contributed by atoms with Crippen LogP contribution in [0.25, 0.3) is 11.1 Å². The number of thiophene rings is 1. The van der Waals surface area contributed by atoms with Crippen molar-refractivity contribution >= 4 is 35.0 Å². The van der Waals surface area contributed by atoms with Crippen LogP contribution in [0.4, 0.5) is 9.18 Å². The van der Waals surface area contributed by atoms with Crippen molar-refractivity contribution < 1.29 is 57.1 Å². The molecule has 1 N–H and O–H groups in total. The minimum Gasteiger partial charge on any atom is -0.494 e. The molecular formula is C46H67FN2O11S. The predicted molar refractivity (Wildman–Crippen MR) is 229 cm³/mol. The molecule has 15 heteroatoms. The first-order valence-corrected chi connectivity index (χ1v) is 22.5. The molecule has 1 aromatic carbocycles. The van der Waals surface area contributed by atoms with E-state index in [4.69, 9.17) is 28.4 Å². The van der Waals surface area contributed by atoms with E-state index in [-0.39, 0.29) is 43.9 Å². The smallest absolute Gasteiger partial charge is 0.410 e. The van der Waals surface area contributed by atoms with Crippen LogP contribution < -0.4 is 4.74 Å². The number of esters is 1. The number of methoxy groups -OCH3 is 1. The molecule has 13 atom stereocenters. The lowest BCUT2D eigenvalue weighted by atomic mass is 9.73. The number of hydrogen-bond acceptors (Lipinski definition) is 13. The Morgan fingerprint density at radius 1 is 1.02 bits per heavy atom. The van der Waals surface area contributed by atoms with Crippen molar-refractivity contribution in [1.82, 2.24) is 9.80 Å². The number of rotatable bonds is 12. The first kappa shape index (κ1) is 48.6. The Kier molecular flexibility index (Phi) is 15.2. The van der Waals surface area contributed by atoms with Gasteiger partial charge < -0.3 is 43.3 Å². The second kappa shape index (κ2) is 19.1. The number of nitrogens with zero attached hydrogens (tertiary/aromatic N) is 2. The Bertz CT molecular complexity index is 1860. The van der Waals surface area contributed by atoms with Crippen molar-refractivity contribution in [2.45, 2.75) is 154 Å². The number of carbonyl (C=O) groups excluding carboxylic acids is 4. The topological polar surface area (TPSA) is 150 Å². The number of benzene rings is 1. The second-order valence-corrected chi connectivity index (χ2v) is 18.8. The summed E-state index contributed by atoms with van der Waals surface area (Å²) in [5, 5.41) is 15.9. The molecule has 340 valence electrons. The van der Waals surface area contributed by atoms with E-state index in [1.807, 2.05) is 61.5 Å². The Labute approximate surface area is 364 Å². The van der Waals surface area contributed by atoms with Gasteiger partial charge in [0.25, 0.3) is 5.67 Å². The summed E-state index contributed by atoms with van der Waals surface area (Å²) in [6.45, 7) is 17.1. The normalized spacial score (nSPS) is 37.9. The quantitative estimate of drug-likeness (QED) is 0.130. The first-order chi connectivity index (χ1) is 28.6. The van der Waals surface area contributed by atoms with Gasteiger partial charge in [0, 0.05) is 37.5 Å². The number of halogens is 1. The fraction of sp³-hybridized carbons (Fsp3) is 0.696. The third kappa shape index (κ3) is 9.72. The number of fused-ring (bicyclic) bond motifs is 1. The molecule has 1 aromatic heterocycles. The lowest BCUT2D eigenvalue weighted by Gasteiger charge is -2.52. The van der Waals surface area contributed by atoms with Gasteiger partial charge in [0.2, 0.25) is 0 Å². The van der Waals surface area contributed by atoms with E-state index in [1.165, 1.54) is 18.9 Å². The maximum Gasteiger partial charge on any atom is 0.410 e. The molecule has 3 fully saturated rings. The Hall–Kier alpha value is -3.47. The third-order valence-electron chi connectivity index (χ3n) is 13.5. The van der Waals surface area contributed by atoms with Crippen molar-refractivity contribution in [3.63, 3.8) is 0 Å². The highest BCUT2D eigenvalue weighted by Crippen LogP contribution is 2.45. The third-order valence-corrected chi connectivity index (χ3v) is 14.1. The second-order valence-electron chi connectivity index (χ2n) is 18.0. The van der Waals surface area contributed by atoms with E-state index in [1.54, 1.807) is 52.9 Å². The van der Waals surface area contributed by atoms with Crippen molar-refractivity contribution in [2.75, 3.05) is 33.9 Å². The number of aliphatic hydroxyl groups excluding tert-OH is 1. The van der Waals surface area contributed by atoms with Gasteiger partial charge in [0.15, 0.2) is 17.2 Å². The van der Waals surface area contributed by atoms with Gasteiger partial charge >= 0.3 is 12.1 Å². The zero-order valence-electron chi connectivity index (χ0n) is 37.9. The van der Waals surface area contributed by atoms with Gasteiger partial charge in [0.1, 0.15) is 23.7 Å². The first-order valence-electron chi connectivity index (χ1n) is 21.6. The SMILES string of the molecule is CC[C@H]1OC(=O)[C@@](C)(F)C(=O)[C@H](C)[C@@H](O[C@]2(C)O[C@H](C)C[C@H](N(C)CC)[C@H]2O)[C@](C)(OC)C[C@@H](C)C(=O)[C@H](C)[C@H]2N(CCCOc3cccc(-c4ccsc4)c3)C(=O)O[C@]12C. The fourth-order valence-corrected chi connectivity index (χ4v) is 10.5. The molecule has 0 aliphatic carbocycles. The monoisotopic (exact) mass is 874 g/mol. The number of ether oxygens (including phenoxy) is 6. The summed E-state index contributed by atoms with van der Waals surface area (Å²) in [4.78, 5) is 60.6. The molecule has 0 bridgehead atoms. The van der Waals surface area contributed by atoms with Crippen LogP contribution in [0.3, 0.4) is 0 Å². The standard InChI is InChI=1S/C46H67FN2O11S/c1-13-35-45(9)37(49(42(54)60-45)20-16-21-56-33-18-15-17-31(24-33)32-19-22-61-26-32)29(5)36(50)27(3)25-43(7,55-12)40(30(6)38(51)44(8,47)41(53)57-35)59-46(10)39(52)34(48(11)14-2)23-28(4)58-46/h15,17-19,22,24,26-30,34-35,37,39-40,52H,13-14,16,20-21,23,25H2,1-12H3/t27-,28-,29+,30+,34+,35-,37-,39-,40-,43-,44+,45-,46+/m1/s1. The Morgan fingerprint density at radius 2 is 1.72 bits per heavy atom. The van der Waals surface area contributed by atoms with E-state index in [0.29, 0.717) is 25.1 Å². The summed E-state index contributed by atoms with van der Waals surface area (Å²) in [6, 6.07) is 8.41. The molecule has 0 saturated carbocycles. The summed E-state index contributed by atoms with van der Waals surface area (Å²) in [7, 11) is 3.29. The van der Waals surface area contributed by atoms with Crippen LogP contribution in [0.1, 0.15) is 94.9 Å². The average molecular weight is 875 g/mol. The fourth-order valence-electron chi connectivity index (χ4n) is 9.84. The highest BCUT2D eigenvalue weighted by Gasteiger charge is 2.62. The molecule has 13 nitrogen and oxygen atoms in total. The van der Waals surface area contributed by atoms with Gasteiger partial charge in [-0.15, -0.1) is 0 Å². The predicted octanol–water partition coefficient (Wildman–Crippen LogP) is 7.26. The summed E-state index contributed by atoms with van der Waals surface area (Å²) in [6.07, 6.45) is -3.95. The summed E-state index contributed by atoms with van der Waals surface area (Å²) in [5.74, 6) is -6.94. The molecule has 0 unspecified atom stereocenters. The van der Waals surface area contributed by atoms with E-state index in [9.17, 15) is 24.3 Å². The van der Waals surface area contributed by atoms with Gasteiger partial charge in [-0.2, -0.15) is 11.3 Å². The number of carbonyl (C=O) groups is 4. The molecule has 2 aromatic rings. The van der Waals surface area contributed by atoms with Crippen LogP contribution in [0.15, 0.2) is 41.1 Å². The highest BCUT2D eigenvalue weighted by molar-refractivity contribution is 7.08. The van der Waals surface area contributed by atoms with Gasteiger partial charge in [-0.05, 0) is 114 Å². The molecule has 3 aliphatic rings. The van der Waals surface area contributed by atoms with Gasteiger partial charge in [-0.1, -0.05) is 46.8 Å². The van der Waals surface area contributed by atoms with E-state index >= 15 is 4.39 Å². The molecule has 4 heterocycles. The molecule has 61 heavy (non-hydrogen) atoms. The molecule has 0 radical (unpaired) electrons. The molecule has 0 spiro atoms. The van der Waals surface area contributed by atoms with E-state index in [0.717, 1.165) is 18.1 Å².